The summed E-state index contributed by atoms with van der Waals surface area (Å²) in [6.45, 7) is 0. The van der Waals surface area contributed by atoms with E-state index in [9.17, 15) is 9.59 Å². The highest BCUT2D eigenvalue weighted by Gasteiger charge is 2.27. The summed E-state index contributed by atoms with van der Waals surface area (Å²) in [7, 11) is 0. The highest BCUT2D eigenvalue weighted by Crippen LogP contribution is 2.38. The standard InChI is InChI=1S/C17H14N6O3.ClH/c24-16(12-7-19-13(8-18-12)17(25)26)20-11-5-3-10(4-6-11)15-21-14(22-23-15)9-1-2-9;/h3-9H,1-2H2,(H,20,24)(H,25,26)(H,21,22,23);1H. The van der Waals surface area contributed by atoms with Gasteiger partial charge in [0.15, 0.2) is 11.5 Å². The number of H-pyrrole nitrogens is 1. The summed E-state index contributed by atoms with van der Waals surface area (Å²) in [5.74, 6) is 0.372. The summed E-state index contributed by atoms with van der Waals surface area (Å²) in [6.07, 6.45) is 4.47. The van der Waals surface area contributed by atoms with Crippen LogP contribution in [0.3, 0.4) is 0 Å². The molecular formula is C17H15ClN6O3. The van der Waals surface area contributed by atoms with Crippen molar-refractivity contribution in [3.8, 4) is 11.4 Å². The third-order valence-corrected chi connectivity index (χ3v) is 3.97. The van der Waals surface area contributed by atoms with Gasteiger partial charge in [-0.05, 0) is 37.1 Å². The third-order valence-electron chi connectivity index (χ3n) is 3.97. The number of aromatic amines is 1. The Morgan fingerprint density at radius 1 is 1.07 bits per heavy atom. The second-order valence-corrected chi connectivity index (χ2v) is 5.94. The smallest absolute Gasteiger partial charge is 0.356 e. The third kappa shape index (κ3) is 4.09. The minimum atomic E-state index is -1.20. The Bertz CT molecular complexity index is 967. The van der Waals surface area contributed by atoms with Crippen LogP contribution in [-0.4, -0.2) is 42.1 Å². The molecule has 0 unspecified atom stereocenters. The number of carboxylic acids is 1. The van der Waals surface area contributed by atoms with Crippen LogP contribution in [0, 0.1) is 0 Å². The molecule has 1 amide bonds. The number of benzene rings is 1. The molecule has 138 valence electrons. The fourth-order valence-electron chi connectivity index (χ4n) is 2.40. The lowest BCUT2D eigenvalue weighted by molar-refractivity contribution is 0.0689. The van der Waals surface area contributed by atoms with Crippen LogP contribution in [0.25, 0.3) is 11.4 Å². The fourth-order valence-corrected chi connectivity index (χ4v) is 2.40. The summed E-state index contributed by atoms with van der Waals surface area (Å²) < 4.78 is 0. The molecule has 10 heteroatoms. The van der Waals surface area contributed by atoms with Crippen molar-refractivity contribution in [2.24, 2.45) is 0 Å². The first kappa shape index (κ1) is 18.5. The molecule has 1 aliphatic carbocycles. The molecule has 0 bridgehead atoms. The van der Waals surface area contributed by atoms with E-state index in [-0.39, 0.29) is 23.8 Å². The van der Waals surface area contributed by atoms with Crippen LogP contribution in [0.15, 0.2) is 36.7 Å². The average molecular weight is 387 g/mol. The maximum atomic E-state index is 12.1. The lowest BCUT2D eigenvalue weighted by atomic mass is 10.2. The Labute approximate surface area is 159 Å². The topological polar surface area (TPSA) is 134 Å². The fraction of sp³-hybridized carbons (Fsp3) is 0.176. The zero-order valence-corrected chi connectivity index (χ0v) is 14.7. The van der Waals surface area contributed by atoms with E-state index in [4.69, 9.17) is 5.11 Å². The van der Waals surface area contributed by atoms with Gasteiger partial charge in [-0.2, -0.15) is 5.10 Å². The molecule has 1 aromatic carbocycles. The number of carbonyl (C=O) groups is 2. The van der Waals surface area contributed by atoms with E-state index in [2.05, 4.69) is 30.5 Å². The van der Waals surface area contributed by atoms with Crippen LogP contribution in [0.5, 0.6) is 0 Å². The first-order valence-electron chi connectivity index (χ1n) is 7.99. The van der Waals surface area contributed by atoms with Crippen LogP contribution in [0.4, 0.5) is 5.69 Å². The van der Waals surface area contributed by atoms with Crippen LogP contribution in [0.2, 0.25) is 0 Å². The first-order valence-corrected chi connectivity index (χ1v) is 7.99. The molecule has 0 aliphatic heterocycles. The second-order valence-electron chi connectivity index (χ2n) is 5.94. The number of nitrogens with one attached hydrogen (secondary N) is 2. The normalized spacial score (nSPS) is 12.9. The number of nitrogens with zero attached hydrogens (tertiary/aromatic N) is 4. The minimum absolute atomic E-state index is 0. The van der Waals surface area contributed by atoms with E-state index in [0.717, 1.165) is 36.6 Å². The summed E-state index contributed by atoms with van der Waals surface area (Å²) in [6, 6.07) is 7.10. The van der Waals surface area contributed by atoms with Crippen LogP contribution < -0.4 is 5.32 Å². The van der Waals surface area contributed by atoms with Crippen LogP contribution in [-0.2, 0) is 0 Å². The van der Waals surface area contributed by atoms with Crippen molar-refractivity contribution >= 4 is 30.0 Å². The van der Waals surface area contributed by atoms with E-state index in [1.165, 1.54) is 0 Å². The van der Waals surface area contributed by atoms with Gasteiger partial charge >= 0.3 is 5.97 Å². The molecule has 0 atom stereocenters. The van der Waals surface area contributed by atoms with Crippen molar-refractivity contribution in [1.29, 1.82) is 0 Å². The van der Waals surface area contributed by atoms with E-state index in [0.29, 0.717) is 17.4 Å². The summed E-state index contributed by atoms with van der Waals surface area (Å²) in [5.41, 5.74) is 1.22. The molecule has 4 rings (SSSR count). The molecule has 1 fully saturated rings. The Morgan fingerprint density at radius 2 is 1.74 bits per heavy atom. The molecule has 27 heavy (non-hydrogen) atoms. The van der Waals surface area contributed by atoms with Crippen LogP contribution in [0.1, 0.15) is 45.6 Å². The van der Waals surface area contributed by atoms with Gasteiger partial charge in [0.1, 0.15) is 11.5 Å². The molecule has 0 saturated heterocycles. The lowest BCUT2D eigenvalue weighted by Gasteiger charge is -2.05. The van der Waals surface area contributed by atoms with Crippen molar-refractivity contribution < 1.29 is 14.7 Å². The molecule has 2 aromatic heterocycles. The van der Waals surface area contributed by atoms with Crippen molar-refractivity contribution in [2.75, 3.05) is 5.32 Å². The molecule has 1 saturated carbocycles. The predicted molar refractivity (Wildman–Crippen MR) is 98.0 cm³/mol. The summed E-state index contributed by atoms with van der Waals surface area (Å²) in [5, 5.41) is 18.6. The minimum Gasteiger partial charge on any atom is -0.476 e. The van der Waals surface area contributed by atoms with Gasteiger partial charge in [-0.15, -0.1) is 12.4 Å². The van der Waals surface area contributed by atoms with Gasteiger partial charge in [-0.1, -0.05) is 0 Å². The molecule has 3 N–H and O–H groups in total. The van der Waals surface area contributed by atoms with Crippen molar-refractivity contribution in [1.82, 2.24) is 25.1 Å². The average Bonchev–Trinajstić information content (AvgIpc) is 3.39. The van der Waals surface area contributed by atoms with E-state index >= 15 is 0 Å². The number of rotatable bonds is 5. The molecule has 0 spiro atoms. The van der Waals surface area contributed by atoms with Gasteiger partial charge < -0.3 is 10.4 Å². The summed E-state index contributed by atoms with van der Waals surface area (Å²) in [4.78, 5) is 34.9. The molecular weight excluding hydrogens is 372 g/mol. The molecule has 0 radical (unpaired) electrons. The maximum absolute atomic E-state index is 12.1. The number of hydrogen-bond acceptors (Lipinski definition) is 6. The monoisotopic (exact) mass is 386 g/mol. The lowest BCUT2D eigenvalue weighted by Crippen LogP contribution is -2.15. The number of carbonyl (C=O) groups excluding carboxylic acids is 1. The van der Waals surface area contributed by atoms with Gasteiger partial charge in [-0.25, -0.2) is 19.7 Å². The van der Waals surface area contributed by atoms with Gasteiger partial charge in [0.05, 0.1) is 12.4 Å². The quantitative estimate of drug-likeness (QED) is 0.613. The Balaban J connectivity index is 0.00000210. The Kier molecular flexibility index (Phi) is 5.13. The van der Waals surface area contributed by atoms with Gasteiger partial charge in [0.2, 0.25) is 0 Å². The first-order chi connectivity index (χ1) is 12.6. The van der Waals surface area contributed by atoms with E-state index in [1.807, 2.05) is 12.1 Å². The SMILES string of the molecule is Cl.O=C(O)c1cnc(C(=O)Nc2ccc(-c3n[nH]c(C4CC4)n3)cc2)cn1. The number of hydrogen-bond donors (Lipinski definition) is 3. The molecule has 1 aliphatic rings. The molecule has 3 aromatic rings. The number of halogens is 1. The van der Waals surface area contributed by atoms with E-state index in [1.54, 1.807) is 12.1 Å². The summed E-state index contributed by atoms with van der Waals surface area (Å²) >= 11 is 0. The number of amides is 1. The zero-order valence-electron chi connectivity index (χ0n) is 13.9. The zero-order chi connectivity index (χ0) is 18.1. The Hall–Kier alpha value is -3.33. The van der Waals surface area contributed by atoms with Crippen molar-refractivity contribution in [3.63, 3.8) is 0 Å². The maximum Gasteiger partial charge on any atom is 0.356 e. The van der Waals surface area contributed by atoms with Gasteiger partial charge in [0, 0.05) is 17.2 Å². The highest BCUT2D eigenvalue weighted by atomic mass is 35.5. The van der Waals surface area contributed by atoms with Gasteiger partial charge in [-0.3, -0.25) is 9.89 Å². The molecule has 9 nitrogen and oxygen atoms in total. The highest BCUT2D eigenvalue weighted by molar-refractivity contribution is 6.02. The number of carboxylic acid groups (broad SMARTS) is 1. The predicted octanol–water partition coefficient (Wildman–Crippen LogP) is 2.51. The number of aromatic nitrogens is 5. The number of anilines is 1. The van der Waals surface area contributed by atoms with Crippen molar-refractivity contribution in [3.05, 3.63) is 53.9 Å². The Morgan fingerprint density at radius 3 is 2.33 bits per heavy atom. The van der Waals surface area contributed by atoms with Crippen LogP contribution >= 0.6 is 12.4 Å². The largest absolute Gasteiger partial charge is 0.476 e. The number of aromatic carboxylic acids is 1. The molecule has 2 heterocycles. The van der Waals surface area contributed by atoms with Crippen molar-refractivity contribution in [2.45, 2.75) is 18.8 Å². The second kappa shape index (κ2) is 7.50. The van der Waals surface area contributed by atoms with E-state index < -0.39 is 11.9 Å². The van der Waals surface area contributed by atoms with Gasteiger partial charge in [0.25, 0.3) is 5.91 Å².